The molecule has 0 bridgehead atoms. The quantitative estimate of drug-likeness (QED) is 0.720. The third kappa shape index (κ3) is 4.04. The van der Waals surface area contributed by atoms with Crippen molar-refractivity contribution >= 4 is 0 Å². The SMILES string of the molecule is COc1ccc(COc2ccc(C3(C(N)CC(C)C)CCC3)cc2)cc1. The molecule has 1 fully saturated rings. The second kappa shape index (κ2) is 8.13. The van der Waals surface area contributed by atoms with Crippen molar-refractivity contribution in [3.05, 3.63) is 59.7 Å². The Balaban J connectivity index is 1.63. The Morgan fingerprint density at radius 1 is 0.962 bits per heavy atom. The topological polar surface area (TPSA) is 44.5 Å². The molecular weight excluding hydrogens is 322 g/mol. The van der Waals surface area contributed by atoms with Crippen LogP contribution in [0.3, 0.4) is 0 Å². The van der Waals surface area contributed by atoms with Crippen LogP contribution in [0, 0.1) is 5.92 Å². The summed E-state index contributed by atoms with van der Waals surface area (Å²) in [6.45, 7) is 5.06. The molecule has 0 aliphatic heterocycles. The Labute approximate surface area is 157 Å². The van der Waals surface area contributed by atoms with Gasteiger partial charge in [-0.25, -0.2) is 0 Å². The molecule has 2 N–H and O–H groups in total. The summed E-state index contributed by atoms with van der Waals surface area (Å²) in [5.74, 6) is 2.40. The van der Waals surface area contributed by atoms with Gasteiger partial charge in [-0.2, -0.15) is 0 Å². The standard InChI is InChI=1S/C23H31NO2/c1-17(2)15-22(24)23(13-4-14-23)19-7-11-21(12-8-19)26-16-18-5-9-20(25-3)10-6-18/h5-12,17,22H,4,13-16,24H2,1-3H3. The van der Waals surface area contributed by atoms with E-state index in [-0.39, 0.29) is 11.5 Å². The highest BCUT2D eigenvalue weighted by Crippen LogP contribution is 2.47. The second-order valence-corrected chi connectivity index (χ2v) is 7.91. The fraction of sp³-hybridized carbons (Fsp3) is 0.478. The van der Waals surface area contributed by atoms with Gasteiger partial charge in [0.25, 0.3) is 0 Å². The molecule has 2 aromatic carbocycles. The van der Waals surface area contributed by atoms with Crippen LogP contribution in [0.4, 0.5) is 0 Å². The molecular formula is C23H31NO2. The molecule has 1 aliphatic carbocycles. The Morgan fingerprint density at radius 2 is 1.58 bits per heavy atom. The maximum Gasteiger partial charge on any atom is 0.119 e. The van der Waals surface area contributed by atoms with Crippen molar-refractivity contribution in [1.82, 2.24) is 0 Å². The first-order valence-corrected chi connectivity index (χ1v) is 9.65. The number of rotatable bonds is 8. The summed E-state index contributed by atoms with van der Waals surface area (Å²) >= 11 is 0. The zero-order chi connectivity index (χ0) is 18.6. The van der Waals surface area contributed by atoms with Gasteiger partial charge in [0.2, 0.25) is 0 Å². The predicted octanol–water partition coefficient (Wildman–Crippen LogP) is 5.07. The van der Waals surface area contributed by atoms with E-state index in [1.54, 1.807) is 7.11 Å². The summed E-state index contributed by atoms with van der Waals surface area (Å²) in [6, 6.07) is 16.8. The highest BCUT2D eigenvalue weighted by Gasteiger charge is 2.43. The van der Waals surface area contributed by atoms with Crippen molar-refractivity contribution in [3.8, 4) is 11.5 Å². The Morgan fingerprint density at radius 3 is 2.08 bits per heavy atom. The van der Waals surface area contributed by atoms with E-state index >= 15 is 0 Å². The van der Waals surface area contributed by atoms with E-state index in [9.17, 15) is 0 Å². The zero-order valence-corrected chi connectivity index (χ0v) is 16.2. The number of methoxy groups -OCH3 is 1. The minimum Gasteiger partial charge on any atom is -0.497 e. The van der Waals surface area contributed by atoms with Crippen LogP contribution in [-0.4, -0.2) is 13.2 Å². The molecule has 0 amide bonds. The minimum atomic E-state index is 0.165. The normalized spacial score (nSPS) is 16.8. The van der Waals surface area contributed by atoms with Gasteiger partial charge in [0.15, 0.2) is 0 Å². The maximum absolute atomic E-state index is 6.60. The van der Waals surface area contributed by atoms with Crippen LogP contribution in [0.15, 0.2) is 48.5 Å². The van der Waals surface area contributed by atoms with Gasteiger partial charge in [0.1, 0.15) is 18.1 Å². The summed E-state index contributed by atoms with van der Waals surface area (Å²) in [4.78, 5) is 0. The van der Waals surface area contributed by atoms with Crippen molar-refractivity contribution < 1.29 is 9.47 Å². The van der Waals surface area contributed by atoms with Crippen LogP contribution < -0.4 is 15.2 Å². The molecule has 1 atom stereocenters. The van der Waals surface area contributed by atoms with Crippen molar-refractivity contribution in [3.63, 3.8) is 0 Å². The van der Waals surface area contributed by atoms with E-state index in [0.717, 1.165) is 23.5 Å². The molecule has 1 unspecified atom stereocenters. The Hall–Kier alpha value is -2.00. The number of hydrogen-bond acceptors (Lipinski definition) is 3. The molecule has 1 saturated carbocycles. The lowest BCUT2D eigenvalue weighted by molar-refractivity contribution is 0.178. The highest BCUT2D eigenvalue weighted by atomic mass is 16.5. The average molecular weight is 354 g/mol. The smallest absolute Gasteiger partial charge is 0.119 e. The predicted molar refractivity (Wildman–Crippen MR) is 107 cm³/mol. The van der Waals surface area contributed by atoms with Crippen LogP contribution in [0.5, 0.6) is 11.5 Å². The van der Waals surface area contributed by atoms with Gasteiger partial charge in [-0.1, -0.05) is 44.5 Å². The Kier molecular flexibility index (Phi) is 5.87. The lowest BCUT2D eigenvalue weighted by atomic mass is 9.59. The van der Waals surface area contributed by atoms with Gasteiger partial charge in [0, 0.05) is 11.5 Å². The van der Waals surface area contributed by atoms with Gasteiger partial charge in [-0.3, -0.25) is 0 Å². The monoisotopic (exact) mass is 353 g/mol. The van der Waals surface area contributed by atoms with Gasteiger partial charge in [-0.15, -0.1) is 0 Å². The molecule has 0 radical (unpaired) electrons. The molecule has 26 heavy (non-hydrogen) atoms. The highest BCUT2D eigenvalue weighted by molar-refractivity contribution is 5.36. The third-order valence-corrected chi connectivity index (χ3v) is 5.67. The first-order chi connectivity index (χ1) is 12.5. The summed E-state index contributed by atoms with van der Waals surface area (Å²) in [6.07, 6.45) is 4.76. The molecule has 2 aromatic rings. The third-order valence-electron chi connectivity index (χ3n) is 5.67. The molecule has 0 spiro atoms. The lowest BCUT2D eigenvalue weighted by Gasteiger charge is -2.47. The molecule has 3 nitrogen and oxygen atoms in total. The minimum absolute atomic E-state index is 0.165. The molecule has 0 heterocycles. The first-order valence-electron chi connectivity index (χ1n) is 9.65. The number of nitrogens with two attached hydrogens (primary N) is 1. The van der Waals surface area contributed by atoms with Crippen molar-refractivity contribution in [2.75, 3.05) is 7.11 Å². The first kappa shape index (κ1) is 18.8. The molecule has 0 saturated heterocycles. The molecule has 140 valence electrons. The van der Waals surface area contributed by atoms with E-state index in [0.29, 0.717) is 12.5 Å². The number of benzene rings is 2. The lowest BCUT2D eigenvalue weighted by Crippen LogP contribution is -2.50. The average Bonchev–Trinajstić information content (AvgIpc) is 2.60. The van der Waals surface area contributed by atoms with E-state index in [2.05, 4.69) is 38.1 Å². The fourth-order valence-electron chi connectivity index (χ4n) is 3.94. The van der Waals surface area contributed by atoms with Crippen molar-refractivity contribution in [2.24, 2.45) is 11.7 Å². The van der Waals surface area contributed by atoms with Crippen LogP contribution in [0.25, 0.3) is 0 Å². The zero-order valence-electron chi connectivity index (χ0n) is 16.2. The molecule has 3 heteroatoms. The summed E-state index contributed by atoms with van der Waals surface area (Å²) in [5.41, 5.74) is 9.27. The van der Waals surface area contributed by atoms with Crippen LogP contribution in [-0.2, 0) is 12.0 Å². The van der Waals surface area contributed by atoms with Gasteiger partial charge < -0.3 is 15.2 Å². The molecule has 1 aliphatic rings. The Bertz CT molecular complexity index is 687. The summed E-state index contributed by atoms with van der Waals surface area (Å²) in [5, 5.41) is 0. The largest absolute Gasteiger partial charge is 0.497 e. The van der Waals surface area contributed by atoms with Crippen LogP contribution in [0.2, 0.25) is 0 Å². The summed E-state index contributed by atoms with van der Waals surface area (Å²) < 4.78 is 11.1. The van der Waals surface area contributed by atoms with E-state index in [4.69, 9.17) is 15.2 Å². The van der Waals surface area contributed by atoms with Crippen molar-refractivity contribution in [2.45, 2.75) is 57.6 Å². The second-order valence-electron chi connectivity index (χ2n) is 7.91. The van der Waals surface area contributed by atoms with E-state index in [1.165, 1.54) is 24.8 Å². The fourth-order valence-corrected chi connectivity index (χ4v) is 3.94. The molecule has 3 rings (SSSR count). The van der Waals surface area contributed by atoms with Gasteiger partial charge >= 0.3 is 0 Å². The number of ether oxygens (including phenoxy) is 2. The van der Waals surface area contributed by atoms with Gasteiger partial charge in [0.05, 0.1) is 7.11 Å². The van der Waals surface area contributed by atoms with E-state index in [1.807, 2.05) is 24.3 Å². The number of hydrogen-bond donors (Lipinski definition) is 1. The maximum atomic E-state index is 6.60. The van der Waals surface area contributed by atoms with E-state index < -0.39 is 0 Å². The van der Waals surface area contributed by atoms with Gasteiger partial charge in [-0.05, 0) is 60.6 Å². The van der Waals surface area contributed by atoms with Crippen molar-refractivity contribution in [1.29, 1.82) is 0 Å². The summed E-state index contributed by atoms with van der Waals surface area (Å²) in [7, 11) is 1.68. The van der Waals surface area contributed by atoms with Crippen LogP contribution in [0.1, 0.15) is 50.7 Å². The molecule has 0 aromatic heterocycles. The van der Waals surface area contributed by atoms with Crippen LogP contribution >= 0.6 is 0 Å².